The van der Waals surface area contributed by atoms with E-state index in [9.17, 15) is 10.2 Å². The Hall–Kier alpha value is -2.18. The summed E-state index contributed by atoms with van der Waals surface area (Å²) in [5, 5.41) is 22.9. The Morgan fingerprint density at radius 2 is 1.89 bits per heavy atom. The fraction of sp³-hybridized carbons (Fsp3) is 0.545. The summed E-state index contributed by atoms with van der Waals surface area (Å²) in [6.07, 6.45) is 0.913. The highest BCUT2D eigenvalue weighted by atomic mass is 16.3. The van der Waals surface area contributed by atoms with E-state index < -0.39 is 5.60 Å². The highest BCUT2D eigenvalue weighted by Gasteiger charge is 2.23. The number of aliphatic hydroxyl groups excluding tert-OH is 1. The zero-order valence-corrected chi connectivity index (χ0v) is 17.5. The summed E-state index contributed by atoms with van der Waals surface area (Å²) >= 11 is 0. The van der Waals surface area contributed by atoms with Crippen LogP contribution >= 0.6 is 0 Å². The number of rotatable bonds is 6. The van der Waals surface area contributed by atoms with Gasteiger partial charge in [0.2, 0.25) is 0 Å². The lowest BCUT2D eigenvalue weighted by molar-refractivity contribution is 0.0785. The molecule has 6 heteroatoms. The van der Waals surface area contributed by atoms with Gasteiger partial charge in [-0.3, -0.25) is 0 Å². The summed E-state index contributed by atoms with van der Waals surface area (Å²) in [5.41, 5.74) is 2.69. The van der Waals surface area contributed by atoms with Gasteiger partial charge in [0.05, 0.1) is 12.2 Å². The van der Waals surface area contributed by atoms with Gasteiger partial charge < -0.3 is 20.4 Å². The van der Waals surface area contributed by atoms with E-state index in [0.29, 0.717) is 0 Å². The van der Waals surface area contributed by atoms with Gasteiger partial charge in [-0.25, -0.2) is 9.97 Å². The van der Waals surface area contributed by atoms with Gasteiger partial charge in [-0.1, -0.05) is 32.0 Å². The molecule has 0 saturated heterocycles. The summed E-state index contributed by atoms with van der Waals surface area (Å²) in [6, 6.07) is 8.16. The van der Waals surface area contributed by atoms with E-state index in [1.54, 1.807) is 0 Å². The van der Waals surface area contributed by atoms with Crippen molar-refractivity contribution in [2.75, 3.05) is 23.4 Å². The Kier molecular flexibility index (Phi) is 5.91. The average molecular weight is 385 g/mol. The van der Waals surface area contributed by atoms with Gasteiger partial charge in [0.1, 0.15) is 17.5 Å². The molecule has 28 heavy (non-hydrogen) atoms. The zero-order valence-electron chi connectivity index (χ0n) is 17.5. The van der Waals surface area contributed by atoms with E-state index in [4.69, 9.17) is 4.98 Å². The van der Waals surface area contributed by atoms with Crippen molar-refractivity contribution in [3.8, 4) is 0 Å². The summed E-state index contributed by atoms with van der Waals surface area (Å²) in [6.45, 7) is 11.4. The minimum Gasteiger partial charge on any atom is -0.394 e. The topological polar surface area (TPSA) is 81.5 Å². The van der Waals surface area contributed by atoms with Crippen molar-refractivity contribution in [1.29, 1.82) is 0 Å². The third-order valence-corrected chi connectivity index (χ3v) is 5.16. The van der Waals surface area contributed by atoms with Crippen LogP contribution in [0.3, 0.4) is 0 Å². The lowest BCUT2D eigenvalue weighted by atomic mass is 9.91. The first-order chi connectivity index (χ1) is 13.2. The number of anilines is 2. The molecule has 3 N–H and O–H groups in total. The van der Waals surface area contributed by atoms with Crippen LogP contribution in [0, 0.1) is 0 Å². The Morgan fingerprint density at radius 3 is 2.54 bits per heavy atom. The van der Waals surface area contributed by atoms with Crippen molar-refractivity contribution in [3.63, 3.8) is 0 Å². The maximum atomic E-state index is 10.3. The number of nitrogens with one attached hydrogen (secondary N) is 1. The number of aliphatic hydroxyl groups is 2. The van der Waals surface area contributed by atoms with Crippen molar-refractivity contribution in [1.82, 2.24) is 9.97 Å². The molecule has 1 aromatic carbocycles. The average Bonchev–Trinajstić information content (AvgIpc) is 2.66. The molecule has 0 radical (unpaired) electrons. The molecule has 152 valence electrons. The van der Waals surface area contributed by atoms with Gasteiger partial charge in [0.15, 0.2) is 0 Å². The predicted molar refractivity (Wildman–Crippen MR) is 113 cm³/mol. The molecule has 0 unspecified atom stereocenters. The smallest absolute Gasteiger partial charge is 0.135 e. The molecule has 6 nitrogen and oxygen atoms in total. The summed E-state index contributed by atoms with van der Waals surface area (Å²) < 4.78 is 0. The number of hydrogen-bond acceptors (Lipinski definition) is 6. The fourth-order valence-corrected chi connectivity index (χ4v) is 3.37. The lowest BCUT2D eigenvalue weighted by Gasteiger charge is -2.31. The Balaban J connectivity index is 1.88. The third kappa shape index (κ3) is 4.62. The van der Waals surface area contributed by atoms with Crippen LogP contribution < -0.4 is 10.2 Å². The minimum atomic E-state index is -0.824. The maximum absolute atomic E-state index is 10.3. The predicted octanol–water partition coefficient (Wildman–Crippen LogP) is 3.18. The number of nitrogens with zero attached hydrogens (tertiary/aromatic N) is 3. The zero-order chi connectivity index (χ0) is 20.5. The molecule has 1 aliphatic rings. The summed E-state index contributed by atoms with van der Waals surface area (Å²) in [4.78, 5) is 11.7. The molecule has 2 heterocycles. The van der Waals surface area contributed by atoms with Gasteiger partial charge in [0.25, 0.3) is 0 Å². The normalized spacial score (nSPS) is 15.5. The summed E-state index contributed by atoms with van der Waals surface area (Å²) in [5.74, 6) is 2.67. The van der Waals surface area contributed by atoms with Crippen LogP contribution in [0.15, 0.2) is 24.3 Å². The second-order valence-corrected chi connectivity index (χ2v) is 8.57. The standard InChI is InChI=1S/C22H32N4O2/c1-14(2)21-24-19(23-15(3)13-27)11-20(25-21)26-9-8-16-10-18(22(4,5)28)7-6-17(16)12-26/h6-7,10-11,14-15,27-28H,8-9,12-13H2,1-5H3,(H,23,24,25)/t15-/m0/s1. The van der Waals surface area contributed by atoms with Gasteiger partial charge in [-0.05, 0) is 43.9 Å². The Labute approximate surface area is 167 Å². The van der Waals surface area contributed by atoms with E-state index in [0.717, 1.165) is 42.5 Å². The first kappa shape index (κ1) is 20.6. The molecule has 0 spiro atoms. The van der Waals surface area contributed by atoms with Crippen LogP contribution in [0.1, 0.15) is 63.1 Å². The number of hydrogen-bond donors (Lipinski definition) is 3. The second-order valence-electron chi connectivity index (χ2n) is 8.57. The van der Waals surface area contributed by atoms with Crippen molar-refractivity contribution in [3.05, 3.63) is 46.8 Å². The molecule has 0 saturated carbocycles. The molecule has 0 amide bonds. The van der Waals surface area contributed by atoms with Crippen molar-refractivity contribution < 1.29 is 10.2 Å². The number of benzene rings is 1. The highest BCUT2D eigenvalue weighted by molar-refractivity contribution is 5.52. The van der Waals surface area contributed by atoms with Gasteiger partial charge in [0, 0.05) is 31.1 Å². The van der Waals surface area contributed by atoms with E-state index in [1.807, 2.05) is 32.9 Å². The highest BCUT2D eigenvalue weighted by Crippen LogP contribution is 2.29. The van der Waals surface area contributed by atoms with Crippen LogP contribution in [0.25, 0.3) is 0 Å². The Morgan fingerprint density at radius 1 is 1.14 bits per heavy atom. The molecule has 1 aliphatic heterocycles. The van der Waals surface area contributed by atoms with E-state index in [-0.39, 0.29) is 18.6 Å². The second kappa shape index (κ2) is 8.05. The van der Waals surface area contributed by atoms with Crippen molar-refractivity contribution in [2.24, 2.45) is 0 Å². The van der Waals surface area contributed by atoms with E-state index in [2.05, 4.69) is 41.2 Å². The minimum absolute atomic E-state index is 0.0526. The molecule has 3 rings (SSSR count). The van der Waals surface area contributed by atoms with Gasteiger partial charge in [-0.2, -0.15) is 0 Å². The van der Waals surface area contributed by atoms with Crippen LogP contribution in [-0.2, 0) is 18.6 Å². The summed E-state index contributed by atoms with van der Waals surface area (Å²) in [7, 11) is 0. The van der Waals surface area contributed by atoms with Crippen LogP contribution in [0.5, 0.6) is 0 Å². The monoisotopic (exact) mass is 384 g/mol. The maximum Gasteiger partial charge on any atom is 0.135 e. The molecule has 0 bridgehead atoms. The quantitative estimate of drug-likeness (QED) is 0.710. The van der Waals surface area contributed by atoms with Crippen molar-refractivity contribution in [2.45, 2.75) is 65.1 Å². The number of aromatic nitrogens is 2. The molecule has 1 atom stereocenters. The van der Waals surface area contributed by atoms with Crippen LogP contribution in [0.4, 0.5) is 11.6 Å². The SMILES string of the molecule is CC(C)c1nc(N[C@@H](C)CO)cc(N2CCc3cc(C(C)(C)O)ccc3C2)n1. The molecular formula is C22H32N4O2. The van der Waals surface area contributed by atoms with Gasteiger partial charge in [-0.15, -0.1) is 0 Å². The molecule has 1 aromatic heterocycles. The molecule has 0 aliphatic carbocycles. The van der Waals surface area contributed by atoms with Crippen LogP contribution in [0.2, 0.25) is 0 Å². The Bertz CT molecular complexity index is 830. The van der Waals surface area contributed by atoms with Gasteiger partial charge >= 0.3 is 0 Å². The molecular weight excluding hydrogens is 352 g/mol. The largest absolute Gasteiger partial charge is 0.394 e. The molecule has 2 aromatic rings. The lowest BCUT2D eigenvalue weighted by Crippen LogP contribution is -2.32. The first-order valence-electron chi connectivity index (χ1n) is 10.0. The van der Waals surface area contributed by atoms with Crippen LogP contribution in [-0.4, -0.2) is 39.4 Å². The van der Waals surface area contributed by atoms with E-state index in [1.165, 1.54) is 11.1 Å². The van der Waals surface area contributed by atoms with Crippen molar-refractivity contribution >= 4 is 11.6 Å². The van der Waals surface area contributed by atoms with E-state index >= 15 is 0 Å². The fourth-order valence-electron chi connectivity index (χ4n) is 3.37. The molecule has 0 fully saturated rings. The first-order valence-corrected chi connectivity index (χ1v) is 10.0. The number of fused-ring (bicyclic) bond motifs is 1. The third-order valence-electron chi connectivity index (χ3n) is 5.16.